The minimum absolute atomic E-state index is 0.0464. The number of hydrogen-bond donors (Lipinski definition) is 2. The first-order chi connectivity index (χ1) is 16.1. The molecule has 33 heavy (non-hydrogen) atoms. The Labute approximate surface area is 196 Å². The minimum Gasteiger partial charge on any atom is -0.355 e. The molecular weight excluding hydrogens is 414 g/mol. The van der Waals surface area contributed by atoms with Crippen LogP contribution in [0.25, 0.3) is 11.1 Å². The fourth-order valence-corrected chi connectivity index (χ4v) is 4.09. The monoisotopic (exact) mass is 449 g/mol. The van der Waals surface area contributed by atoms with E-state index in [0.717, 1.165) is 49.7 Å². The predicted molar refractivity (Wildman–Crippen MR) is 131 cm³/mol. The van der Waals surface area contributed by atoms with Crippen molar-refractivity contribution in [1.82, 2.24) is 15.5 Å². The van der Waals surface area contributed by atoms with Gasteiger partial charge in [0.15, 0.2) is 0 Å². The molecule has 3 amide bonds. The second-order valence-corrected chi connectivity index (χ2v) is 8.64. The summed E-state index contributed by atoms with van der Waals surface area (Å²) in [5.41, 5.74) is 2.63. The van der Waals surface area contributed by atoms with Crippen molar-refractivity contribution in [3.63, 3.8) is 0 Å². The smallest absolute Gasteiger partial charge is 0.251 e. The molecule has 176 valence electrons. The average molecular weight is 450 g/mol. The molecule has 1 aliphatic heterocycles. The van der Waals surface area contributed by atoms with E-state index in [1.807, 2.05) is 42.5 Å². The van der Waals surface area contributed by atoms with E-state index in [9.17, 15) is 14.4 Å². The molecule has 1 atom stereocenters. The number of carbonyl (C=O) groups is 3. The third-order valence-corrected chi connectivity index (χ3v) is 6.03. The summed E-state index contributed by atoms with van der Waals surface area (Å²) in [6.07, 6.45) is 6.61. The van der Waals surface area contributed by atoms with Gasteiger partial charge in [-0.15, -0.1) is 0 Å². The summed E-state index contributed by atoms with van der Waals surface area (Å²) in [5, 5.41) is 5.80. The zero-order chi connectivity index (χ0) is 23.5. The highest BCUT2D eigenvalue weighted by Gasteiger charge is 2.29. The van der Waals surface area contributed by atoms with Crippen LogP contribution >= 0.6 is 0 Å². The highest BCUT2D eigenvalue weighted by Crippen LogP contribution is 2.19. The Balaban J connectivity index is 1.54. The van der Waals surface area contributed by atoms with Gasteiger partial charge in [-0.05, 0) is 48.9 Å². The van der Waals surface area contributed by atoms with Gasteiger partial charge in [-0.2, -0.15) is 0 Å². The lowest BCUT2D eigenvalue weighted by Crippen LogP contribution is -2.50. The van der Waals surface area contributed by atoms with Crippen molar-refractivity contribution in [2.75, 3.05) is 19.6 Å². The standard InChI is InChI=1S/C27H35N3O3/c1-2-3-4-9-18-28-25(31)20-30-19-10-8-13-24(27(30)33)29-26(32)23-16-14-22(15-17-23)21-11-6-5-7-12-21/h5-7,11-12,14-17,24H,2-4,8-10,13,18-20H2,1H3,(H,28,31)(H,29,32). The molecule has 1 aliphatic rings. The Morgan fingerprint density at radius 1 is 0.939 bits per heavy atom. The topological polar surface area (TPSA) is 78.5 Å². The number of unbranched alkanes of at least 4 members (excludes halogenated alkanes) is 3. The van der Waals surface area contributed by atoms with Gasteiger partial charge < -0.3 is 15.5 Å². The Bertz CT molecular complexity index is 912. The van der Waals surface area contributed by atoms with Crippen LogP contribution in [0.2, 0.25) is 0 Å². The Morgan fingerprint density at radius 3 is 2.39 bits per heavy atom. The summed E-state index contributed by atoms with van der Waals surface area (Å²) in [6, 6.07) is 16.8. The number of likely N-dealkylation sites (tertiary alicyclic amines) is 1. The molecule has 1 saturated heterocycles. The molecule has 3 rings (SSSR count). The van der Waals surface area contributed by atoms with Gasteiger partial charge in [0, 0.05) is 18.7 Å². The van der Waals surface area contributed by atoms with Gasteiger partial charge in [-0.3, -0.25) is 14.4 Å². The maximum Gasteiger partial charge on any atom is 0.251 e. The third-order valence-electron chi connectivity index (χ3n) is 6.03. The lowest BCUT2D eigenvalue weighted by molar-refractivity contribution is -0.137. The molecule has 2 aromatic rings. The van der Waals surface area contributed by atoms with Gasteiger partial charge >= 0.3 is 0 Å². The van der Waals surface area contributed by atoms with Crippen LogP contribution in [0.15, 0.2) is 54.6 Å². The summed E-state index contributed by atoms with van der Waals surface area (Å²) < 4.78 is 0. The first-order valence-corrected chi connectivity index (χ1v) is 12.1. The molecule has 0 bridgehead atoms. The summed E-state index contributed by atoms with van der Waals surface area (Å²) in [5.74, 6) is -0.582. The van der Waals surface area contributed by atoms with Crippen LogP contribution in [0, 0.1) is 0 Å². The zero-order valence-corrected chi connectivity index (χ0v) is 19.5. The molecule has 0 saturated carbocycles. The molecule has 1 heterocycles. The van der Waals surface area contributed by atoms with Crippen LogP contribution < -0.4 is 10.6 Å². The lowest BCUT2D eigenvalue weighted by atomic mass is 10.0. The summed E-state index contributed by atoms with van der Waals surface area (Å²) >= 11 is 0. The second kappa shape index (κ2) is 12.8. The maximum absolute atomic E-state index is 13.0. The first kappa shape index (κ1) is 24.5. The fourth-order valence-electron chi connectivity index (χ4n) is 4.09. The highest BCUT2D eigenvalue weighted by molar-refractivity contribution is 5.98. The SMILES string of the molecule is CCCCCCNC(=O)CN1CCCCC(NC(=O)c2ccc(-c3ccccc3)cc2)C1=O. The third kappa shape index (κ3) is 7.45. The van der Waals surface area contributed by atoms with E-state index in [1.165, 1.54) is 0 Å². The predicted octanol–water partition coefficient (Wildman–Crippen LogP) is 4.16. The molecule has 0 spiro atoms. The molecule has 0 aromatic heterocycles. The quantitative estimate of drug-likeness (QED) is 0.535. The number of carbonyl (C=O) groups excluding carboxylic acids is 3. The largest absolute Gasteiger partial charge is 0.355 e. The number of nitrogens with one attached hydrogen (secondary N) is 2. The van der Waals surface area contributed by atoms with Gasteiger partial charge in [0.05, 0.1) is 6.54 Å². The molecule has 1 unspecified atom stereocenters. The average Bonchev–Trinajstić information content (AvgIpc) is 3.01. The van der Waals surface area contributed by atoms with Crippen LogP contribution in [0.1, 0.15) is 62.2 Å². The molecule has 6 nitrogen and oxygen atoms in total. The van der Waals surface area contributed by atoms with Gasteiger partial charge in [-0.1, -0.05) is 68.7 Å². The van der Waals surface area contributed by atoms with Crippen molar-refractivity contribution in [3.05, 3.63) is 60.2 Å². The Morgan fingerprint density at radius 2 is 1.67 bits per heavy atom. The Hall–Kier alpha value is -3.15. The van der Waals surface area contributed by atoms with Crippen molar-refractivity contribution < 1.29 is 14.4 Å². The summed E-state index contributed by atoms with van der Waals surface area (Å²) in [7, 11) is 0. The van der Waals surface area contributed by atoms with Crippen LogP contribution in [0.4, 0.5) is 0 Å². The van der Waals surface area contributed by atoms with Crippen LogP contribution in [-0.4, -0.2) is 48.3 Å². The number of amides is 3. The van der Waals surface area contributed by atoms with E-state index in [1.54, 1.807) is 17.0 Å². The van der Waals surface area contributed by atoms with Gasteiger partial charge in [-0.25, -0.2) is 0 Å². The summed E-state index contributed by atoms with van der Waals surface area (Å²) in [4.78, 5) is 39.7. The molecule has 0 aliphatic carbocycles. The number of nitrogens with zero attached hydrogens (tertiary/aromatic N) is 1. The Kier molecular flexibility index (Phi) is 9.48. The molecule has 2 aromatic carbocycles. The number of benzene rings is 2. The van der Waals surface area contributed by atoms with Crippen molar-refractivity contribution in [3.8, 4) is 11.1 Å². The van der Waals surface area contributed by atoms with Crippen LogP contribution in [0.3, 0.4) is 0 Å². The highest BCUT2D eigenvalue weighted by atomic mass is 16.2. The van der Waals surface area contributed by atoms with Crippen LogP contribution in [-0.2, 0) is 9.59 Å². The van der Waals surface area contributed by atoms with E-state index in [2.05, 4.69) is 17.6 Å². The normalized spacial score (nSPS) is 16.2. The molecule has 1 fully saturated rings. The first-order valence-electron chi connectivity index (χ1n) is 12.1. The fraction of sp³-hybridized carbons (Fsp3) is 0.444. The second-order valence-electron chi connectivity index (χ2n) is 8.64. The molecular formula is C27H35N3O3. The van der Waals surface area contributed by atoms with Gasteiger partial charge in [0.1, 0.15) is 6.04 Å². The number of rotatable bonds is 10. The zero-order valence-electron chi connectivity index (χ0n) is 19.5. The van der Waals surface area contributed by atoms with E-state index in [4.69, 9.17) is 0 Å². The number of hydrogen-bond acceptors (Lipinski definition) is 3. The summed E-state index contributed by atoms with van der Waals surface area (Å²) in [6.45, 7) is 3.38. The van der Waals surface area contributed by atoms with E-state index < -0.39 is 6.04 Å². The minimum atomic E-state index is -0.605. The molecule has 6 heteroatoms. The van der Waals surface area contributed by atoms with Gasteiger partial charge in [0.25, 0.3) is 5.91 Å². The van der Waals surface area contributed by atoms with E-state index in [-0.39, 0.29) is 24.3 Å². The lowest BCUT2D eigenvalue weighted by Gasteiger charge is -2.24. The van der Waals surface area contributed by atoms with Gasteiger partial charge in [0.2, 0.25) is 11.8 Å². The molecule has 0 radical (unpaired) electrons. The van der Waals surface area contributed by atoms with Crippen molar-refractivity contribution in [2.24, 2.45) is 0 Å². The van der Waals surface area contributed by atoms with Crippen molar-refractivity contribution in [1.29, 1.82) is 0 Å². The van der Waals surface area contributed by atoms with E-state index in [0.29, 0.717) is 25.1 Å². The van der Waals surface area contributed by atoms with Crippen molar-refractivity contribution in [2.45, 2.75) is 57.9 Å². The van der Waals surface area contributed by atoms with E-state index >= 15 is 0 Å². The molecule has 2 N–H and O–H groups in total. The van der Waals surface area contributed by atoms with Crippen molar-refractivity contribution >= 4 is 17.7 Å². The maximum atomic E-state index is 13.0. The van der Waals surface area contributed by atoms with Crippen LogP contribution in [0.5, 0.6) is 0 Å².